The van der Waals surface area contributed by atoms with Crippen LogP contribution in [-0.4, -0.2) is 49.8 Å². The fraction of sp³-hybridized carbons (Fsp3) is 0.407. The van der Waals surface area contributed by atoms with Crippen molar-refractivity contribution in [1.82, 2.24) is 19.7 Å². The lowest BCUT2D eigenvalue weighted by Crippen LogP contribution is -2.42. The molecule has 0 saturated carbocycles. The maximum Gasteiger partial charge on any atom is 0.254 e. The summed E-state index contributed by atoms with van der Waals surface area (Å²) in [5, 5.41) is 11.8. The highest BCUT2D eigenvalue weighted by atomic mass is 32.2. The normalized spacial score (nSPS) is 15.9. The number of benzene rings is 2. The van der Waals surface area contributed by atoms with E-state index in [4.69, 9.17) is 0 Å². The second-order valence-corrected chi connectivity index (χ2v) is 10.4. The summed E-state index contributed by atoms with van der Waals surface area (Å²) in [4.78, 5) is 27.6. The van der Waals surface area contributed by atoms with Crippen LogP contribution in [0.3, 0.4) is 0 Å². The Hall–Kier alpha value is -3.13. The molecule has 2 aromatic carbocycles. The van der Waals surface area contributed by atoms with Crippen LogP contribution in [0.5, 0.6) is 0 Å². The highest BCUT2D eigenvalue weighted by Crippen LogP contribution is 2.24. The molecule has 184 valence electrons. The Bertz CT molecular complexity index is 1190. The van der Waals surface area contributed by atoms with Crippen molar-refractivity contribution in [3.8, 4) is 5.69 Å². The van der Waals surface area contributed by atoms with Gasteiger partial charge in [-0.3, -0.25) is 14.2 Å². The second kappa shape index (κ2) is 11.1. The van der Waals surface area contributed by atoms with Crippen molar-refractivity contribution in [2.45, 2.75) is 64.1 Å². The standard InChI is InChI=1S/C27H33N5O2S/c1-18(2)21-8-11-23(12-9-21)32-17-28-30-27(32)35-16-25(33)29-24-13-10-22(15-19(24)3)26(34)31-14-6-5-7-20(31)4/h8-13,15,17-18,20H,5-7,14,16H2,1-4H3,(H,29,33). The van der Waals surface area contributed by atoms with Crippen LogP contribution in [0, 0.1) is 6.92 Å². The van der Waals surface area contributed by atoms with Gasteiger partial charge in [0.15, 0.2) is 5.16 Å². The molecule has 0 radical (unpaired) electrons. The van der Waals surface area contributed by atoms with Crippen LogP contribution < -0.4 is 5.32 Å². The van der Waals surface area contributed by atoms with E-state index < -0.39 is 0 Å². The maximum absolute atomic E-state index is 13.0. The molecule has 1 aliphatic heterocycles. The van der Waals surface area contributed by atoms with E-state index in [-0.39, 0.29) is 23.6 Å². The molecule has 2 heterocycles. The van der Waals surface area contributed by atoms with E-state index in [1.807, 2.05) is 40.7 Å². The molecule has 1 atom stereocenters. The zero-order valence-corrected chi connectivity index (χ0v) is 21.6. The Kier molecular flexibility index (Phi) is 7.90. The van der Waals surface area contributed by atoms with Crippen molar-refractivity contribution in [3.63, 3.8) is 0 Å². The quantitative estimate of drug-likeness (QED) is 0.445. The molecule has 0 aliphatic carbocycles. The molecule has 4 rings (SSSR count). The molecule has 8 heteroatoms. The minimum atomic E-state index is -0.133. The number of nitrogens with one attached hydrogen (secondary N) is 1. The lowest BCUT2D eigenvalue weighted by molar-refractivity contribution is -0.113. The second-order valence-electron chi connectivity index (χ2n) is 9.44. The fourth-order valence-electron chi connectivity index (χ4n) is 4.34. The van der Waals surface area contributed by atoms with Crippen molar-refractivity contribution in [3.05, 3.63) is 65.5 Å². The van der Waals surface area contributed by atoms with Gasteiger partial charge in [0.25, 0.3) is 5.91 Å². The van der Waals surface area contributed by atoms with Crippen LogP contribution in [0.25, 0.3) is 5.69 Å². The Morgan fingerprint density at radius 1 is 1.14 bits per heavy atom. The molecule has 35 heavy (non-hydrogen) atoms. The number of anilines is 1. The Morgan fingerprint density at radius 2 is 1.91 bits per heavy atom. The number of hydrogen-bond donors (Lipinski definition) is 1. The lowest BCUT2D eigenvalue weighted by Gasteiger charge is -2.33. The summed E-state index contributed by atoms with van der Waals surface area (Å²) in [7, 11) is 0. The van der Waals surface area contributed by atoms with E-state index in [1.165, 1.54) is 23.7 Å². The van der Waals surface area contributed by atoms with Crippen molar-refractivity contribution >= 4 is 29.3 Å². The van der Waals surface area contributed by atoms with E-state index >= 15 is 0 Å². The van der Waals surface area contributed by atoms with E-state index in [0.717, 1.165) is 30.6 Å². The third-order valence-electron chi connectivity index (χ3n) is 6.50. The smallest absolute Gasteiger partial charge is 0.254 e. The van der Waals surface area contributed by atoms with Crippen LogP contribution >= 0.6 is 11.8 Å². The van der Waals surface area contributed by atoms with E-state index in [0.29, 0.717) is 22.3 Å². The Labute approximate surface area is 211 Å². The predicted octanol–water partition coefficient (Wildman–Crippen LogP) is 5.44. The van der Waals surface area contributed by atoms with Gasteiger partial charge in [0.1, 0.15) is 6.33 Å². The molecule has 7 nitrogen and oxygen atoms in total. The van der Waals surface area contributed by atoms with E-state index in [9.17, 15) is 9.59 Å². The molecule has 0 spiro atoms. The van der Waals surface area contributed by atoms with Crippen LogP contribution in [0.4, 0.5) is 5.69 Å². The summed E-state index contributed by atoms with van der Waals surface area (Å²) in [6.07, 6.45) is 4.94. The van der Waals surface area contributed by atoms with Gasteiger partial charge in [-0.05, 0) is 80.5 Å². The molecular weight excluding hydrogens is 458 g/mol. The number of hydrogen-bond acceptors (Lipinski definition) is 5. The first-order valence-electron chi connectivity index (χ1n) is 12.2. The van der Waals surface area contributed by atoms with Gasteiger partial charge in [0, 0.05) is 29.5 Å². The van der Waals surface area contributed by atoms with Gasteiger partial charge in [-0.2, -0.15) is 0 Å². The summed E-state index contributed by atoms with van der Waals surface area (Å²) >= 11 is 1.34. The van der Waals surface area contributed by atoms with Crippen LogP contribution in [-0.2, 0) is 4.79 Å². The van der Waals surface area contributed by atoms with Crippen molar-refractivity contribution < 1.29 is 9.59 Å². The average Bonchev–Trinajstić information content (AvgIpc) is 3.32. The largest absolute Gasteiger partial charge is 0.336 e. The third kappa shape index (κ3) is 5.93. The van der Waals surface area contributed by atoms with Gasteiger partial charge >= 0.3 is 0 Å². The summed E-state index contributed by atoms with van der Waals surface area (Å²) in [5.41, 5.74) is 4.47. The van der Waals surface area contributed by atoms with Crippen molar-refractivity contribution in [2.24, 2.45) is 0 Å². The molecule has 2 amide bonds. The van der Waals surface area contributed by atoms with Gasteiger partial charge in [0.2, 0.25) is 5.91 Å². The lowest BCUT2D eigenvalue weighted by atomic mass is 10.0. The monoisotopic (exact) mass is 491 g/mol. The SMILES string of the molecule is Cc1cc(C(=O)N2CCCCC2C)ccc1NC(=O)CSc1nncn1-c1ccc(C(C)C)cc1. The third-order valence-corrected chi connectivity index (χ3v) is 7.44. The number of carbonyl (C=O) groups excluding carboxylic acids is 2. The van der Waals surface area contributed by atoms with Gasteiger partial charge in [-0.25, -0.2) is 0 Å². The maximum atomic E-state index is 13.0. The number of amides is 2. The number of aryl methyl sites for hydroxylation is 1. The zero-order valence-electron chi connectivity index (χ0n) is 20.8. The van der Waals surface area contributed by atoms with Gasteiger partial charge in [0.05, 0.1) is 5.75 Å². The number of carbonyl (C=O) groups is 2. The zero-order chi connectivity index (χ0) is 24.9. The topological polar surface area (TPSA) is 80.1 Å². The molecule has 3 aromatic rings. The summed E-state index contributed by atoms with van der Waals surface area (Å²) in [6, 6.07) is 14.0. The average molecular weight is 492 g/mol. The Morgan fingerprint density at radius 3 is 2.60 bits per heavy atom. The summed E-state index contributed by atoms with van der Waals surface area (Å²) < 4.78 is 1.88. The van der Waals surface area contributed by atoms with Gasteiger partial charge in [-0.15, -0.1) is 10.2 Å². The molecule has 0 bridgehead atoms. The molecular formula is C27H33N5O2S. The first-order chi connectivity index (χ1) is 16.8. The molecule has 1 aromatic heterocycles. The number of thioether (sulfide) groups is 1. The molecule has 1 unspecified atom stereocenters. The molecule has 1 fully saturated rings. The summed E-state index contributed by atoms with van der Waals surface area (Å²) in [5.74, 6) is 0.598. The molecule has 1 aliphatic rings. The molecule has 1 saturated heterocycles. The number of piperidine rings is 1. The van der Waals surface area contributed by atoms with E-state index in [2.05, 4.69) is 48.4 Å². The number of nitrogens with zero attached hydrogens (tertiary/aromatic N) is 4. The van der Waals surface area contributed by atoms with Crippen LogP contribution in [0.15, 0.2) is 53.9 Å². The predicted molar refractivity (Wildman–Crippen MR) is 140 cm³/mol. The number of rotatable bonds is 7. The van der Waals surface area contributed by atoms with E-state index in [1.54, 1.807) is 12.4 Å². The minimum Gasteiger partial charge on any atom is -0.336 e. The fourth-order valence-corrected chi connectivity index (χ4v) is 5.07. The highest BCUT2D eigenvalue weighted by molar-refractivity contribution is 7.99. The minimum absolute atomic E-state index is 0.0643. The number of likely N-dealkylation sites (tertiary alicyclic amines) is 1. The highest BCUT2D eigenvalue weighted by Gasteiger charge is 2.24. The van der Waals surface area contributed by atoms with Crippen LogP contribution in [0.1, 0.15) is 67.4 Å². The number of aromatic nitrogens is 3. The van der Waals surface area contributed by atoms with Crippen molar-refractivity contribution in [2.75, 3.05) is 17.6 Å². The summed E-state index contributed by atoms with van der Waals surface area (Å²) in [6.45, 7) is 9.15. The molecule has 1 N–H and O–H groups in total. The van der Waals surface area contributed by atoms with Gasteiger partial charge < -0.3 is 10.2 Å². The van der Waals surface area contributed by atoms with Gasteiger partial charge in [-0.1, -0.05) is 37.7 Å². The van der Waals surface area contributed by atoms with Crippen LogP contribution in [0.2, 0.25) is 0 Å². The first kappa shape index (κ1) is 25.0. The van der Waals surface area contributed by atoms with Crippen molar-refractivity contribution in [1.29, 1.82) is 0 Å². The Balaban J connectivity index is 1.36. The first-order valence-corrected chi connectivity index (χ1v) is 13.2.